The highest BCUT2D eigenvalue weighted by Gasteiger charge is 2.14. The van der Waals surface area contributed by atoms with Gasteiger partial charge in [0.25, 0.3) is 5.91 Å². The summed E-state index contributed by atoms with van der Waals surface area (Å²) in [6.45, 7) is 0.325. The van der Waals surface area contributed by atoms with Crippen LogP contribution in [0.3, 0.4) is 0 Å². The standard InChI is InChI=1S/C15H14N2OS/c1-17(13-6-3-2-4-7-13)15(18)12-10-14(19-11-12)8-5-9-16/h2-4,6-7,10-11H,9,16H2,1H3. The number of thiophene rings is 1. The lowest BCUT2D eigenvalue weighted by molar-refractivity contribution is 0.0993. The molecule has 0 atom stereocenters. The quantitative estimate of drug-likeness (QED) is 0.851. The third-order valence-corrected chi connectivity index (χ3v) is 3.45. The molecule has 0 bridgehead atoms. The van der Waals surface area contributed by atoms with Crippen LogP contribution in [-0.2, 0) is 0 Å². The highest BCUT2D eigenvalue weighted by Crippen LogP contribution is 2.19. The zero-order valence-corrected chi connectivity index (χ0v) is 11.4. The molecule has 1 aromatic carbocycles. The van der Waals surface area contributed by atoms with Crippen LogP contribution in [0.15, 0.2) is 41.8 Å². The van der Waals surface area contributed by atoms with E-state index in [1.807, 2.05) is 35.7 Å². The van der Waals surface area contributed by atoms with E-state index in [9.17, 15) is 4.79 Å². The van der Waals surface area contributed by atoms with Gasteiger partial charge in [-0.05, 0) is 18.2 Å². The molecule has 0 unspecified atom stereocenters. The van der Waals surface area contributed by atoms with Crippen molar-refractivity contribution in [1.29, 1.82) is 0 Å². The van der Waals surface area contributed by atoms with Crippen molar-refractivity contribution in [2.24, 2.45) is 5.73 Å². The lowest BCUT2D eigenvalue weighted by atomic mass is 10.2. The van der Waals surface area contributed by atoms with Gasteiger partial charge in [0.05, 0.1) is 17.0 Å². The lowest BCUT2D eigenvalue weighted by Crippen LogP contribution is -2.25. The van der Waals surface area contributed by atoms with Crippen molar-refractivity contribution < 1.29 is 4.79 Å². The normalized spacial score (nSPS) is 9.58. The third kappa shape index (κ3) is 3.22. The zero-order valence-electron chi connectivity index (χ0n) is 10.6. The summed E-state index contributed by atoms with van der Waals surface area (Å²) in [7, 11) is 1.76. The molecular weight excluding hydrogens is 256 g/mol. The monoisotopic (exact) mass is 270 g/mol. The molecule has 4 heteroatoms. The fraction of sp³-hybridized carbons (Fsp3) is 0.133. The first kappa shape index (κ1) is 13.3. The molecule has 1 amide bonds. The number of benzene rings is 1. The van der Waals surface area contributed by atoms with Crippen LogP contribution in [0.25, 0.3) is 0 Å². The fourth-order valence-electron chi connectivity index (χ4n) is 1.61. The molecule has 0 aliphatic heterocycles. The Balaban J connectivity index is 2.18. The molecule has 19 heavy (non-hydrogen) atoms. The summed E-state index contributed by atoms with van der Waals surface area (Å²) in [5, 5.41) is 1.82. The van der Waals surface area contributed by atoms with Crippen LogP contribution in [0.4, 0.5) is 5.69 Å². The maximum atomic E-state index is 12.3. The highest BCUT2D eigenvalue weighted by molar-refractivity contribution is 7.10. The molecule has 2 N–H and O–H groups in total. The number of nitrogens with zero attached hydrogens (tertiary/aromatic N) is 1. The van der Waals surface area contributed by atoms with Gasteiger partial charge < -0.3 is 10.6 Å². The van der Waals surface area contributed by atoms with Crippen LogP contribution in [0, 0.1) is 11.8 Å². The molecule has 1 heterocycles. The number of carbonyl (C=O) groups is 1. The van der Waals surface area contributed by atoms with E-state index in [0.717, 1.165) is 10.6 Å². The van der Waals surface area contributed by atoms with Crippen molar-refractivity contribution in [2.45, 2.75) is 0 Å². The van der Waals surface area contributed by atoms with Crippen molar-refractivity contribution in [3.05, 3.63) is 52.2 Å². The van der Waals surface area contributed by atoms with Gasteiger partial charge in [-0.3, -0.25) is 4.79 Å². The van der Waals surface area contributed by atoms with Crippen LogP contribution in [0.5, 0.6) is 0 Å². The van der Waals surface area contributed by atoms with Crippen molar-refractivity contribution in [3.63, 3.8) is 0 Å². The second kappa shape index (κ2) is 6.19. The minimum atomic E-state index is -0.0387. The number of rotatable bonds is 2. The van der Waals surface area contributed by atoms with Gasteiger partial charge in [-0.1, -0.05) is 30.0 Å². The summed E-state index contributed by atoms with van der Waals surface area (Å²) in [6.07, 6.45) is 0. The summed E-state index contributed by atoms with van der Waals surface area (Å²) >= 11 is 1.45. The maximum Gasteiger partial charge on any atom is 0.258 e. The Morgan fingerprint density at radius 3 is 2.79 bits per heavy atom. The predicted octanol–water partition coefficient (Wildman–Crippen LogP) is 2.33. The van der Waals surface area contributed by atoms with Gasteiger partial charge in [0.1, 0.15) is 0 Å². The minimum absolute atomic E-state index is 0.0387. The molecule has 0 saturated heterocycles. The molecule has 0 radical (unpaired) electrons. The van der Waals surface area contributed by atoms with Gasteiger partial charge in [-0.25, -0.2) is 0 Å². The SMILES string of the molecule is CN(C(=O)c1csc(C#CCN)c1)c1ccccc1. The summed E-state index contributed by atoms with van der Waals surface area (Å²) in [5.74, 6) is 5.67. The number of para-hydroxylation sites is 1. The molecule has 0 fully saturated rings. The average molecular weight is 270 g/mol. The first-order valence-corrected chi connectivity index (χ1v) is 6.71. The lowest BCUT2D eigenvalue weighted by Gasteiger charge is -2.16. The van der Waals surface area contributed by atoms with Crippen molar-refractivity contribution >= 4 is 22.9 Å². The Hall–Kier alpha value is -2.09. The van der Waals surface area contributed by atoms with E-state index in [4.69, 9.17) is 5.73 Å². The van der Waals surface area contributed by atoms with Gasteiger partial charge in [-0.2, -0.15) is 0 Å². The number of hydrogen-bond acceptors (Lipinski definition) is 3. The predicted molar refractivity (Wildman–Crippen MR) is 79.4 cm³/mol. The molecule has 2 rings (SSSR count). The largest absolute Gasteiger partial charge is 0.320 e. The van der Waals surface area contributed by atoms with Gasteiger partial charge in [0, 0.05) is 18.1 Å². The van der Waals surface area contributed by atoms with Crippen LogP contribution < -0.4 is 10.6 Å². The van der Waals surface area contributed by atoms with E-state index in [1.165, 1.54) is 11.3 Å². The second-order valence-electron chi connectivity index (χ2n) is 3.91. The first-order valence-electron chi connectivity index (χ1n) is 5.83. The number of nitrogens with two attached hydrogens (primary N) is 1. The summed E-state index contributed by atoms with van der Waals surface area (Å²) in [4.78, 5) is 14.8. The van der Waals surface area contributed by atoms with Crippen LogP contribution >= 0.6 is 11.3 Å². The Bertz CT molecular complexity index is 622. The van der Waals surface area contributed by atoms with Crippen molar-refractivity contribution in [3.8, 4) is 11.8 Å². The third-order valence-electron chi connectivity index (χ3n) is 2.61. The molecule has 3 nitrogen and oxygen atoms in total. The summed E-state index contributed by atoms with van der Waals surface area (Å²) in [6, 6.07) is 11.3. The molecule has 0 saturated carbocycles. The summed E-state index contributed by atoms with van der Waals surface area (Å²) < 4.78 is 0. The zero-order chi connectivity index (χ0) is 13.7. The molecule has 0 spiro atoms. The molecule has 96 valence electrons. The van der Waals surface area contributed by atoms with E-state index in [2.05, 4.69) is 11.8 Å². The van der Waals surface area contributed by atoms with E-state index in [1.54, 1.807) is 18.0 Å². The van der Waals surface area contributed by atoms with Gasteiger partial charge in [0.15, 0.2) is 0 Å². The molecular formula is C15H14N2OS. The Morgan fingerprint density at radius 2 is 2.11 bits per heavy atom. The second-order valence-corrected chi connectivity index (χ2v) is 4.82. The van der Waals surface area contributed by atoms with Crippen molar-refractivity contribution in [1.82, 2.24) is 0 Å². The molecule has 0 aliphatic rings. The first-order chi connectivity index (χ1) is 9.22. The topological polar surface area (TPSA) is 46.3 Å². The summed E-state index contributed by atoms with van der Waals surface area (Å²) in [5.41, 5.74) is 6.84. The molecule has 2 aromatic rings. The van der Waals surface area contributed by atoms with E-state index >= 15 is 0 Å². The number of amides is 1. The highest BCUT2D eigenvalue weighted by atomic mass is 32.1. The average Bonchev–Trinajstić information content (AvgIpc) is 2.93. The minimum Gasteiger partial charge on any atom is -0.320 e. The van der Waals surface area contributed by atoms with Gasteiger partial charge in [-0.15, -0.1) is 11.3 Å². The fourth-order valence-corrected chi connectivity index (χ4v) is 2.36. The molecule has 1 aromatic heterocycles. The number of anilines is 1. The van der Waals surface area contributed by atoms with E-state index < -0.39 is 0 Å². The van der Waals surface area contributed by atoms with Crippen LogP contribution in [0.1, 0.15) is 15.2 Å². The Morgan fingerprint density at radius 1 is 1.37 bits per heavy atom. The van der Waals surface area contributed by atoms with Crippen LogP contribution in [-0.4, -0.2) is 19.5 Å². The van der Waals surface area contributed by atoms with E-state index in [-0.39, 0.29) is 5.91 Å². The maximum absolute atomic E-state index is 12.3. The Labute approximate surface area is 116 Å². The van der Waals surface area contributed by atoms with Gasteiger partial charge >= 0.3 is 0 Å². The molecule has 0 aliphatic carbocycles. The van der Waals surface area contributed by atoms with E-state index in [0.29, 0.717) is 12.1 Å². The smallest absolute Gasteiger partial charge is 0.258 e. The van der Waals surface area contributed by atoms with Gasteiger partial charge in [0.2, 0.25) is 0 Å². The Kier molecular flexibility index (Phi) is 4.35. The number of hydrogen-bond donors (Lipinski definition) is 1. The van der Waals surface area contributed by atoms with Crippen LogP contribution in [0.2, 0.25) is 0 Å². The number of carbonyl (C=O) groups excluding carboxylic acids is 1. The van der Waals surface area contributed by atoms with Crippen molar-refractivity contribution in [2.75, 3.05) is 18.5 Å².